The first-order chi connectivity index (χ1) is 12.2. The number of aromatic nitrogens is 5. The first kappa shape index (κ1) is 15.1. The van der Waals surface area contributed by atoms with Gasteiger partial charge in [0, 0.05) is 31.4 Å². The number of nitrogens with one attached hydrogen (secondary N) is 1. The first-order valence-electron chi connectivity index (χ1n) is 7.83. The molecule has 0 aliphatic rings. The van der Waals surface area contributed by atoms with Crippen LogP contribution in [0, 0.1) is 0 Å². The number of aryl methyl sites for hydroxylation is 1. The normalized spacial score (nSPS) is 11.0. The molecule has 0 atom stereocenters. The standard InChI is InChI=1S/C18H16N6O/c1-19-18(25)14-11-20-23(2)16(14)13-8-9-24-15(10-13)21-17(22-24)12-6-4-3-5-7-12/h3-11H,1-2H3,(H,19,25). The third-order valence-electron chi connectivity index (χ3n) is 4.05. The van der Waals surface area contributed by atoms with E-state index in [4.69, 9.17) is 0 Å². The van der Waals surface area contributed by atoms with Crippen molar-refractivity contribution in [2.75, 3.05) is 7.05 Å². The van der Waals surface area contributed by atoms with Crippen LogP contribution in [0.15, 0.2) is 54.9 Å². The topological polar surface area (TPSA) is 77.1 Å². The Morgan fingerprint density at radius 3 is 2.68 bits per heavy atom. The van der Waals surface area contributed by atoms with Crippen molar-refractivity contribution < 1.29 is 4.79 Å². The number of pyridine rings is 1. The number of fused-ring (bicyclic) bond motifs is 1. The fraction of sp³-hybridized carbons (Fsp3) is 0.111. The minimum absolute atomic E-state index is 0.172. The second kappa shape index (κ2) is 5.86. The molecule has 0 aliphatic carbocycles. The van der Waals surface area contributed by atoms with Crippen LogP contribution in [-0.2, 0) is 7.05 Å². The van der Waals surface area contributed by atoms with Gasteiger partial charge in [0.25, 0.3) is 5.91 Å². The summed E-state index contributed by atoms with van der Waals surface area (Å²) in [6.45, 7) is 0. The Bertz CT molecular complexity index is 1060. The van der Waals surface area contributed by atoms with Crippen LogP contribution >= 0.6 is 0 Å². The summed E-state index contributed by atoms with van der Waals surface area (Å²) < 4.78 is 3.41. The van der Waals surface area contributed by atoms with Crippen molar-refractivity contribution in [2.24, 2.45) is 7.05 Å². The van der Waals surface area contributed by atoms with Crippen molar-refractivity contribution in [3.8, 4) is 22.6 Å². The Morgan fingerprint density at radius 2 is 1.92 bits per heavy atom. The van der Waals surface area contributed by atoms with Crippen molar-refractivity contribution >= 4 is 11.6 Å². The first-order valence-corrected chi connectivity index (χ1v) is 7.83. The fourth-order valence-electron chi connectivity index (χ4n) is 2.82. The monoisotopic (exact) mass is 332 g/mol. The molecule has 0 saturated heterocycles. The van der Waals surface area contributed by atoms with E-state index in [2.05, 4.69) is 20.5 Å². The maximum atomic E-state index is 12.1. The molecule has 25 heavy (non-hydrogen) atoms. The van der Waals surface area contributed by atoms with Crippen LogP contribution in [0.2, 0.25) is 0 Å². The average molecular weight is 332 g/mol. The molecule has 0 spiro atoms. The van der Waals surface area contributed by atoms with Crippen molar-refractivity contribution in [1.82, 2.24) is 29.7 Å². The summed E-state index contributed by atoms with van der Waals surface area (Å²) in [6.07, 6.45) is 3.41. The van der Waals surface area contributed by atoms with Gasteiger partial charge in [-0.3, -0.25) is 9.48 Å². The molecular formula is C18H16N6O. The van der Waals surface area contributed by atoms with Gasteiger partial charge in [-0.25, -0.2) is 9.50 Å². The largest absolute Gasteiger partial charge is 0.355 e. The van der Waals surface area contributed by atoms with Gasteiger partial charge < -0.3 is 5.32 Å². The van der Waals surface area contributed by atoms with Crippen LogP contribution in [-0.4, -0.2) is 37.3 Å². The molecule has 0 radical (unpaired) electrons. The molecule has 0 aliphatic heterocycles. The molecule has 4 rings (SSSR count). The third kappa shape index (κ3) is 2.55. The minimum atomic E-state index is -0.172. The smallest absolute Gasteiger partial charge is 0.254 e. The lowest BCUT2D eigenvalue weighted by Gasteiger charge is -2.06. The number of benzene rings is 1. The quantitative estimate of drug-likeness (QED) is 0.624. The SMILES string of the molecule is CNC(=O)c1cnn(C)c1-c1ccn2nc(-c3ccccc3)nc2c1. The van der Waals surface area contributed by atoms with Gasteiger partial charge in [-0.15, -0.1) is 5.10 Å². The highest BCUT2D eigenvalue weighted by Crippen LogP contribution is 2.25. The van der Waals surface area contributed by atoms with E-state index in [1.807, 2.05) is 55.7 Å². The lowest BCUT2D eigenvalue weighted by atomic mass is 10.1. The number of nitrogens with zero attached hydrogens (tertiary/aromatic N) is 5. The highest BCUT2D eigenvalue weighted by molar-refractivity contribution is 5.99. The van der Waals surface area contributed by atoms with Crippen LogP contribution in [0.4, 0.5) is 0 Å². The molecule has 1 aromatic carbocycles. The summed E-state index contributed by atoms with van der Waals surface area (Å²) in [5.41, 5.74) is 3.79. The molecule has 124 valence electrons. The van der Waals surface area contributed by atoms with Gasteiger partial charge in [0.05, 0.1) is 17.5 Å². The van der Waals surface area contributed by atoms with E-state index in [1.54, 1.807) is 22.4 Å². The number of hydrogen-bond donors (Lipinski definition) is 1. The molecule has 0 saturated carbocycles. The molecule has 1 amide bonds. The zero-order chi connectivity index (χ0) is 17.4. The van der Waals surface area contributed by atoms with E-state index in [0.29, 0.717) is 17.0 Å². The van der Waals surface area contributed by atoms with E-state index >= 15 is 0 Å². The Morgan fingerprint density at radius 1 is 1.12 bits per heavy atom. The zero-order valence-electron chi connectivity index (χ0n) is 13.8. The number of hydrogen-bond acceptors (Lipinski definition) is 4. The van der Waals surface area contributed by atoms with E-state index in [9.17, 15) is 4.79 Å². The zero-order valence-corrected chi connectivity index (χ0v) is 13.8. The third-order valence-corrected chi connectivity index (χ3v) is 4.05. The van der Waals surface area contributed by atoms with Gasteiger partial charge in [0.2, 0.25) is 0 Å². The molecule has 3 heterocycles. The van der Waals surface area contributed by atoms with Gasteiger partial charge in [-0.2, -0.15) is 5.10 Å². The van der Waals surface area contributed by atoms with E-state index in [-0.39, 0.29) is 5.91 Å². The summed E-state index contributed by atoms with van der Waals surface area (Å²) in [5, 5.41) is 11.4. The summed E-state index contributed by atoms with van der Waals surface area (Å²) >= 11 is 0. The molecule has 0 bridgehead atoms. The van der Waals surface area contributed by atoms with Crippen molar-refractivity contribution in [3.05, 3.63) is 60.4 Å². The van der Waals surface area contributed by atoms with Gasteiger partial charge in [-0.1, -0.05) is 30.3 Å². The molecular weight excluding hydrogens is 316 g/mol. The van der Waals surface area contributed by atoms with Crippen LogP contribution in [0.25, 0.3) is 28.3 Å². The molecule has 7 heteroatoms. The molecule has 7 nitrogen and oxygen atoms in total. The molecule has 4 aromatic rings. The van der Waals surface area contributed by atoms with Crippen molar-refractivity contribution in [3.63, 3.8) is 0 Å². The second-order valence-corrected chi connectivity index (χ2v) is 5.63. The number of carbonyl (C=O) groups is 1. The summed E-state index contributed by atoms with van der Waals surface area (Å²) in [7, 11) is 3.41. The number of carbonyl (C=O) groups excluding carboxylic acids is 1. The molecule has 3 aromatic heterocycles. The van der Waals surface area contributed by atoms with Crippen molar-refractivity contribution in [1.29, 1.82) is 0 Å². The van der Waals surface area contributed by atoms with Crippen LogP contribution < -0.4 is 5.32 Å². The fourth-order valence-corrected chi connectivity index (χ4v) is 2.82. The van der Waals surface area contributed by atoms with E-state index < -0.39 is 0 Å². The van der Waals surface area contributed by atoms with Crippen LogP contribution in [0.5, 0.6) is 0 Å². The van der Waals surface area contributed by atoms with Gasteiger partial charge in [-0.05, 0) is 12.1 Å². The Hall–Kier alpha value is -3.48. The predicted octanol–water partition coefficient (Wildman–Crippen LogP) is 2.16. The lowest BCUT2D eigenvalue weighted by Crippen LogP contribution is -2.18. The van der Waals surface area contributed by atoms with Crippen LogP contribution in [0.1, 0.15) is 10.4 Å². The van der Waals surface area contributed by atoms with E-state index in [0.717, 1.165) is 16.8 Å². The minimum Gasteiger partial charge on any atom is -0.355 e. The summed E-state index contributed by atoms with van der Waals surface area (Å²) in [5.74, 6) is 0.490. The average Bonchev–Trinajstić information content (AvgIpc) is 3.24. The maximum absolute atomic E-state index is 12.1. The number of rotatable bonds is 3. The lowest BCUT2D eigenvalue weighted by molar-refractivity contribution is 0.0963. The Labute approximate surface area is 143 Å². The van der Waals surface area contributed by atoms with Crippen molar-refractivity contribution in [2.45, 2.75) is 0 Å². The second-order valence-electron chi connectivity index (χ2n) is 5.63. The number of amides is 1. The predicted molar refractivity (Wildman–Crippen MR) is 94.0 cm³/mol. The van der Waals surface area contributed by atoms with Crippen LogP contribution in [0.3, 0.4) is 0 Å². The molecule has 0 fully saturated rings. The highest BCUT2D eigenvalue weighted by Gasteiger charge is 2.17. The molecule has 0 unspecified atom stereocenters. The van der Waals surface area contributed by atoms with Gasteiger partial charge >= 0.3 is 0 Å². The highest BCUT2D eigenvalue weighted by atomic mass is 16.1. The van der Waals surface area contributed by atoms with E-state index in [1.165, 1.54) is 0 Å². The summed E-state index contributed by atoms with van der Waals surface area (Å²) in [4.78, 5) is 16.7. The summed E-state index contributed by atoms with van der Waals surface area (Å²) in [6, 6.07) is 13.6. The van der Waals surface area contributed by atoms with Gasteiger partial charge in [0.15, 0.2) is 11.5 Å². The molecule has 1 N–H and O–H groups in total. The Kier molecular flexibility index (Phi) is 3.53. The van der Waals surface area contributed by atoms with Gasteiger partial charge in [0.1, 0.15) is 0 Å². The Balaban J connectivity index is 1.83. The maximum Gasteiger partial charge on any atom is 0.254 e.